The van der Waals surface area contributed by atoms with Crippen LogP contribution in [0.5, 0.6) is 0 Å². The Balaban J connectivity index is 0.00000147. The predicted octanol–water partition coefficient (Wildman–Crippen LogP) is 3.04. The van der Waals surface area contributed by atoms with Crippen molar-refractivity contribution in [3.05, 3.63) is 35.6 Å². The van der Waals surface area contributed by atoms with Gasteiger partial charge in [0.1, 0.15) is 5.82 Å². The number of piperidine rings is 1. The Morgan fingerprint density at radius 1 is 1.20 bits per heavy atom. The first-order valence-electron chi connectivity index (χ1n) is 7.50. The smallest absolute Gasteiger partial charge is 0.123 e. The van der Waals surface area contributed by atoms with Crippen LogP contribution in [0.15, 0.2) is 24.3 Å². The summed E-state index contributed by atoms with van der Waals surface area (Å²) in [6.07, 6.45) is 3.79. The zero-order valence-electron chi connectivity index (χ0n) is 11.9. The van der Waals surface area contributed by atoms with Crippen molar-refractivity contribution in [2.24, 2.45) is 5.92 Å². The second kappa shape index (κ2) is 7.39. The fourth-order valence-corrected chi connectivity index (χ4v) is 3.46. The maximum Gasteiger partial charge on any atom is 0.123 e. The van der Waals surface area contributed by atoms with E-state index in [0.29, 0.717) is 5.92 Å². The molecule has 20 heavy (non-hydrogen) atoms. The highest BCUT2D eigenvalue weighted by atomic mass is 35.5. The number of nitrogens with one attached hydrogen (secondary N) is 1. The minimum atomic E-state index is -0.102. The number of likely N-dealkylation sites (tertiary alicyclic amines) is 1. The number of hydrogen-bond acceptors (Lipinski definition) is 2. The molecule has 112 valence electrons. The molecule has 0 saturated carbocycles. The highest BCUT2D eigenvalue weighted by molar-refractivity contribution is 5.85. The van der Waals surface area contributed by atoms with Crippen molar-refractivity contribution in [1.29, 1.82) is 0 Å². The van der Waals surface area contributed by atoms with Crippen molar-refractivity contribution in [1.82, 2.24) is 10.2 Å². The molecule has 1 atom stereocenters. The fourth-order valence-electron chi connectivity index (χ4n) is 3.46. The van der Waals surface area contributed by atoms with Gasteiger partial charge in [-0.2, -0.15) is 0 Å². The summed E-state index contributed by atoms with van der Waals surface area (Å²) in [5.74, 6) is 1.28. The standard InChI is InChI=1S/C16H23FN2.ClH/c17-16-3-1-2-14(10-16)15-6-9-19(12-15)11-13-4-7-18-8-5-13;/h1-3,10,13,15,18H,4-9,11-12H2;1H. The molecule has 3 rings (SSSR count). The average Bonchev–Trinajstić information content (AvgIpc) is 2.88. The van der Waals surface area contributed by atoms with Gasteiger partial charge in [0.15, 0.2) is 0 Å². The summed E-state index contributed by atoms with van der Waals surface area (Å²) in [4.78, 5) is 2.57. The highest BCUT2D eigenvalue weighted by Gasteiger charge is 2.26. The van der Waals surface area contributed by atoms with Crippen LogP contribution in [-0.4, -0.2) is 37.6 Å². The molecule has 0 aromatic heterocycles. The Kier molecular flexibility index (Phi) is 5.82. The van der Waals surface area contributed by atoms with Gasteiger partial charge in [-0.05, 0) is 68.4 Å². The third kappa shape index (κ3) is 3.94. The summed E-state index contributed by atoms with van der Waals surface area (Å²) >= 11 is 0. The number of nitrogens with zero attached hydrogens (tertiary/aromatic N) is 1. The quantitative estimate of drug-likeness (QED) is 0.923. The van der Waals surface area contributed by atoms with Crippen molar-refractivity contribution in [2.45, 2.75) is 25.2 Å². The van der Waals surface area contributed by atoms with E-state index in [1.54, 1.807) is 6.07 Å². The van der Waals surface area contributed by atoms with Gasteiger partial charge in [-0.15, -0.1) is 12.4 Å². The van der Waals surface area contributed by atoms with Crippen molar-refractivity contribution in [3.8, 4) is 0 Å². The zero-order valence-corrected chi connectivity index (χ0v) is 12.7. The molecule has 1 aromatic carbocycles. The summed E-state index contributed by atoms with van der Waals surface area (Å²) in [7, 11) is 0. The summed E-state index contributed by atoms with van der Waals surface area (Å²) in [5, 5.41) is 3.42. The predicted molar refractivity (Wildman–Crippen MR) is 83.0 cm³/mol. The van der Waals surface area contributed by atoms with Crippen LogP contribution in [0.1, 0.15) is 30.7 Å². The zero-order chi connectivity index (χ0) is 13.1. The van der Waals surface area contributed by atoms with Crippen LogP contribution < -0.4 is 5.32 Å². The van der Waals surface area contributed by atoms with Gasteiger partial charge in [0.25, 0.3) is 0 Å². The van der Waals surface area contributed by atoms with E-state index in [-0.39, 0.29) is 18.2 Å². The molecule has 1 aromatic rings. The van der Waals surface area contributed by atoms with Gasteiger partial charge in [-0.1, -0.05) is 12.1 Å². The molecular formula is C16H24ClFN2. The molecule has 2 aliphatic rings. The van der Waals surface area contributed by atoms with E-state index in [2.05, 4.69) is 16.3 Å². The van der Waals surface area contributed by atoms with Gasteiger partial charge in [0.2, 0.25) is 0 Å². The lowest BCUT2D eigenvalue weighted by Gasteiger charge is -2.27. The molecule has 4 heteroatoms. The van der Waals surface area contributed by atoms with E-state index in [9.17, 15) is 4.39 Å². The Morgan fingerprint density at radius 2 is 2.00 bits per heavy atom. The Bertz CT molecular complexity index is 421. The van der Waals surface area contributed by atoms with Gasteiger partial charge in [-0.25, -0.2) is 4.39 Å². The molecule has 1 unspecified atom stereocenters. The van der Waals surface area contributed by atoms with Crippen molar-refractivity contribution in [3.63, 3.8) is 0 Å². The van der Waals surface area contributed by atoms with E-state index in [1.807, 2.05) is 6.07 Å². The lowest BCUT2D eigenvalue weighted by atomic mass is 9.97. The van der Waals surface area contributed by atoms with Crippen LogP contribution in [0.4, 0.5) is 4.39 Å². The van der Waals surface area contributed by atoms with Gasteiger partial charge in [-0.3, -0.25) is 0 Å². The van der Waals surface area contributed by atoms with Crippen molar-refractivity contribution >= 4 is 12.4 Å². The van der Waals surface area contributed by atoms with Crippen LogP contribution in [0.3, 0.4) is 0 Å². The normalized spacial score (nSPS) is 24.6. The third-order valence-electron chi connectivity index (χ3n) is 4.57. The second-order valence-electron chi connectivity index (χ2n) is 5.99. The molecule has 0 spiro atoms. The van der Waals surface area contributed by atoms with Gasteiger partial charge < -0.3 is 10.2 Å². The summed E-state index contributed by atoms with van der Waals surface area (Å²) in [6, 6.07) is 7.14. The Labute approximate surface area is 127 Å². The Hall–Kier alpha value is -0.640. The minimum absolute atomic E-state index is 0. The van der Waals surface area contributed by atoms with E-state index in [1.165, 1.54) is 57.1 Å². The van der Waals surface area contributed by atoms with E-state index >= 15 is 0 Å². The maximum absolute atomic E-state index is 13.3. The molecule has 0 amide bonds. The molecule has 2 nitrogen and oxygen atoms in total. The highest BCUT2D eigenvalue weighted by Crippen LogP contribution is 2.28. The molecule has 0 radical (unpaired) electrons. The van der Waals surface area contributed by atoms with Crippen molar-refractivity contribution < 1.29 is 4.39 Å². The van der Waals surface area contributed by atoms with E-state index in [4.69, 9.17) is 0 Å². The number of rotatable bonds is 3. The van der Waals surface area contributed by atoms with Crippen molar-refractivity contribution in [2.75, 3.05) is 32.7 Å². The third-order valence-corrected chi connectivity index (χ3v) is 4.57. The lowest BCUT2D eigenvalue weighted by Crippen LogP contribution is -2.35. The van der Waals surface area contributed by atoms with Crippen LogP contribution in [-0.2, 0) is 0 Å². The molecule has 1 N–H and O–H groups in total. The van der Waals surface area contributed by atoms with Crippen LogP contribution in [0.2, 0.25) is 0 Å². The number of hydrogen-bond donors (Lipinski definition) is 1. The molecular weight excluding hydrogens is 275 g/mol. The average molecular weight is 299 g/mol. The monoisotopic (exact) mass is 298 g/mol. The largest absolute Gasteiger partial charge is 0.317 e. The maximum atomic E-state index is 13.3. The first-order valence-corrected chi connectivity index (χ1v) is 7.50. The topological polar surface area (TPSA) is 15.3 Å². The fraction of sp³-hybridized carbons (Fsp3) is 0.625. The van der Waals surface area contributed by atoms with Crippen LogP contribution in [0, 0.1) is 11.7 Å². The van der Waals surface area contributed by atoms with Crippen LogP contribution in [0.25, 0.3) is 0 Å². The molecule has 0 aliphatic carbocycles. The first kappa shape index (κ1) is 15.7. The second-order valence-corrected chi connectivity index (χ2v) is 5.99. The molecule has 2 fully saturated rings. The number of halogens is 2. The number of benzene rings is 1. The SMILES string of the molecule is Cl.Fc1cccc(C2CCN(CC3CCNCC3)C2)c1. The first-order chi connectivity index (χ1) is 9.31. The van der Waals surface area contributed by atoms with Gasteiger partial charge >= 0.3 is 0 Å². The molecule has 2 heterocycles. The van der Waals surface area contributed by atoms with E-state index in [0.717, 1.165) is 12.5 Å². The lowest BCUT2D eigenvalue weighted by molar-refractivity contribution is 0.239. The molecule has 2 aliphatic heterocycles. The van der Waals surface area contributed by atoms with Gasteiger partial charge in [0, 0.05) is 13.1 Å². The molecule has 2 saturated heterocycles. The summed E-state index contributed by atoms with van der Waals surface area (Å²) in [5.41, 5.74) is 1.17. The van der Waals surface area contributed by atoms with Crippen LogP contribution >= 0.6 is 12.4 Å². The van der Waals surface area contributed by atoms with Gasteiger partial charge in [0.05, 0.1) is 0 Å². The summed E-state index contributed by atoms with van der Waals surface area (Å²) < 4.78 is 13.3. The Morgan fingerprint density at radius 3 is 2.75 bits per heavy atom. The van der Waals surface area contributed by atoms with E-state index < -0.39 is 0 Å². The molecule has 0 bridgehead atoms. The summed E-state index contributed by atoms with van der Waals surface area (Å²) in [6.45, 7) is 5.85. The minimum Gasteiger partial charge on any atom is -0.317 e.